The van der Waals surface area contributed by atoms with Crippen molar-refractivity contribution in [2.75, 3.05) is 11.9 Å². The molecule has 9 nitrogen and oxygen atoms in total. The third-order valence-corrected chi connectivity index (χ3v) is 5.43. The van der Waals surface area contributed by atoms with Crippen molar-refractivity contribution >= 4 is 47.1 Å². The molecule has 10 heteroatoms. The largest absolute Gasteiger partial charge is 0.445 e. The summed E-state index contributed by atoms with van der Waals surface area (Å²) in [7, 11) is 0. The van der Waals surface area contributed by atoms with Crippen molar-refractivity contribution < 1.29 is 14.3 Å². The highest BCUT2D eigenvalue weighted by Gasteiger charge is 2.29. The Balaban J connectivity index is 1.45. The molecule has 1 unspecified atom stereocenters. The maximum atomic E-state index is 12.6. The number of H-pyrrole nitrogens is 1. The first kappa shape index (κ1) is 22.3. The molecule has 33 heavy (non-hydrogen) atoms. The lowest BCUT2D eigenvalue weighted by molar-refractivity contribution is 0.0990. The van der Waals surface area contributed by atoms with E-state index in [1.807, 2.05) is 30.3 Å². The highest BCUT2D eigenvalue weighted by molar-refractivity contribution is 6.30. The van der Waals surface area contributed by atoms with Gasteiger partial charge in [-0.2, -0.15) is 5.10 Å². The van der Waals surface area contributed by atoms with Crippen molar-refractivity contribution in [2.45, 2.75) is 25.5 Å². The summed E-state index contributed by atoms with van der Waals surface area (Å²) in [5.74, 6) is -0.245. The summed E-state index contributed by atoms with van der Waals surface area (Å²) in [4.78, 5) is 30.6. The number of hydrogen-bond acceptors (Lipinski definition) is 6. The maximum Gasteiger partial charge on any atom is 0.410 e. The average Bonchev–Trinajstić information content (AvgIpc) is 3.43. The molecule has 2 amide bonds. The third kappa shape index (κ3) is 5.50. The molecule has 0 aliphatic carbocycles. The summed E-state index contributed by atoms with van der Waals surface area (Å²) in [5, 5.41) is 10.4. The number of hydrogen-bond donors (Lipinski definition) is 3. The van der Waals surface area contributed by atoms with Crippen molar-refractivity contribution in [2.24, 2.45) is 10.7 Å². The fraction of sp³-hybridized carbons (Fsp3) is 0.217. The van der Waals surface area contributed by atoms with Crippen molar-refractivity contribution in [1.29, 1.82) is 0 Å². The highest BCUT2D eigenvalue weighted by atomic mass is 35.5. The SMILES string of the molecule is NC(=O)c1c(N=CC2CCCN2C(=O)OCc2ccccc2)n[nH]c1Nc1cccc(Cl)c1. The van der Waals surface area contributed by atoms with Crippen LogP contribution in [0.3, 0.4) is 0 Å². The molecule has 1 aliphatic rings. The van der Waals surface area contributed by atoms with Gasteiger partial charge in [-0.15, -0.1) is 0 Å². The van der Waals surface area contributed by atoms with Crippen LogP contribution >= 0.6 is 11.6 Å². The molecule has 4 rings (SSSR count). The molecule has 0 radical (unpaired) electrons. The van der Waals surface area contributed by atoms with Gasteiger partial charge < -0.3 is 20.7 Å². The molecule has 3 aromatic rings. The van der Waals surface area contributed by atoms with Gasteiger partial charge in [0.1, 0.15) is 18.0 Å². The van der Waals surface area contributed by atoms with Crippen LogP contribution in [0.2, 0.25) is 5.02 Å². The molecule has 2 aromatic carbocycles. The van der Waals surface area contributed by atoms with Crippen LogP contribution in [0, 0.1) is 0 Å². The minimum Gasteiger partial charge on any atom is -0.445 e. The second kappa shape index (κ2) is 10.2. The van der Waals surface area contributed by atoms with Gasteiger partial charge in [0.15, 0.2) is 5.82 Å². The van der Waals surface area contributed by atoms with Gasteiger partial charge in [0, 0.05) is 23.5 Å². The molecule has 0 bridgehead atoms. The molecule has 2 heterocycles. The van der Waals surface area contributed by atoms with Gasteiger partial charge >= 0.3 is 6.09 Å². The van der Waals surface area contributed by atoms with Crippen LogP contribution < -0.4 is 11.1 Å². The highest BCUT2D eigenvalue weighted by Crippen LogP contribution is 2.28. The molecule has 170 valence electrons. The van der Waals surface area contributed by atoms with Crippen LogP contribution in [0.15, 0.2) is 59.6 Å². The zero-order valence-corrected chi connectivity index (χ0v) is 18.5. The Morgan fingerprint density at radius 3 is 2.85 bits per heavy atom. The van der Waals surface area contributed by atoms with E-state index in [1.54, 1.807) is 35.4 Å². The van der Waals surface area contributed by atoms with Gasteiger partial charge in [-0.1, -0.05) is 48.0 Å². The number of carbonyl (C=O) groups excluding carboxylic acids is 2. The topological polar surface area (TPSA) is 126 Å². The number of aromatic amines is 1. The van der Waals surface area contributed by atoms with E-state index in [1.165, 1.54) is 0 Å². The number of aromatic nitrogens is 2. The van der Waals surface area contributed by atoms with E-state index in [0.717, 1.165) is 18.4 Å². The third-order valence-electron chi connectivity index (χ3n) is 5.20. The molecule has 0 saturated carbocycles. The summed E-state index contributed by atoms with van der Waals surface area (Å²) in [6, 6.07) is 16.2. The van der Waals surface area contributed by atoms with Crippen LogP contribution in [-0.4, -0.2) is 45.9 Å². The number of carbonyl (C=O) groups is 2. The fourth-order valence-electron chi connectivity index (χ4n) is 3.59. The Morgan fingerprint density at radius 2 is 2.09 bits per heavy atom. The normalized spacial score (nSPS) is 15.7. The van der Waals surface area contributed by atoms with E-state index in [9.17, 15) is 9.59 Å². The molecule has 1 aliphatic heterocycles. The number of nitrogens with one attached hydrogen (secondary N) is 2. The summed E-state index contributed by atoms with van der Waals surface area (Å²) >= 11 is 6.01. The first-order chi connectivity index (χ1) is 16.0. The van der Waals surface area contributed by atoms with Gasteiger partial charge in [0.05, 0.1) is 6.04 Å². The van der Waals surface area contributed by atoms with Crippen LogP contribution in [-0.2, 0) is 11.3 Å². The summed E-state index contributed by atoms with van der Waals surface area (Å²) < 4.78 is 5.45. The molecule has 1 fully saturated rings. The van der Waals surface area contributed by atoms with Crippen molar-refractivity contribution in [3.63, 3.8) is 0 Å². The van der Waals surface area contributed by atoms with E-state index >= 15 is 0 Å². The summed E-state index contributed by atoms with van der Waals surface area (Å²) in [6.07, 6.45) is 2.74. The number of likely N-dealkylation sites (tertiary alicyclic amines) is 1. The van der Waals surface area contributed by atoms with Crippen molar-refractivity contribution in [3.05, 3.63) is 70.7 Å². The van der Waals surface area contributed by atoms with E-state index in [0.29, 0.717) is 23.1 Å². The molecular weight excluding hydrogens is 444 g/mol. The number of primary amides is 1. The first-order valence-electron chi connectivity index (χ1n) is 10.4. The number of rotatable bonds is 7. The number of benzene rings is 2. The predicted octanol–water partition coefficient (Wildman–Crippen LogP) is 4.41. The molecular formula is C23H23ClN6O3. The van der Waals surface area contributed by atoms with Crippen molar-refractivity contribution in [1.82, 2.24) is 15.1 Å². The Bertz CT molecular complexity index is 1160. The Morgan fingerprint density at radius 1 is 1.27 bits per heavy atom. The molecule has 1 atom stereocenters. The maximum absolute atomic E-state index is 12.6. The minimum atomic E-state index is -0.689. The van der Waals surface area contributed by atoms with Crippen LogP contribution in [0.4, 0.5) is 22.1 Å². The number of nitrogens with zero attached hydrogens (tertiary/aromatic N) is 3. The van der Waals surface area contributed by atoms with Crippen LogP contribution in [0.1, 0.15) is 28.8 Å². The van der Waals surface area contributed by atoms with E-state index < -0.39 is 12.0 Å². The second-order valence-corrected chi connectivity index (χ2v) is 7.95. The zero-order valence-electron chi connectivity index (χ0n) is 17.7. The first-order valence-corrected chi connectivity index (χ1v) is 10.8. The Kier molecular flexibility index (Phi) is 6.89. The summed E-state index contributed by atoms with van der Waals surface area (Å²) in [5.41, 5.74) is 7.26. The Labute approximate surface area is 195 Å². The minimum absolute atomic E-state index is 0.113. The number of anilines is 2. The van der Waals surface area contributed by atoms with Gasteiger partial charge in [-0.05, 0) is 36.6 Å². The lowest BCUT2D eigenvalue weighted by Gasteiger charge is -2.21. The van der Waals surface area contributed by atoms with E-state index in [2.05, 4.69) is 20.5 Å². The van der Waals surface area contributed by atoms with Crippen LogP contribution in [0.25, 0.3) is 0 Å². The number of ether oxygens (including phenoxy) is 1. The standard InChI is InChI=1S/C23H23ClN6O3/c24-16-8-4-9-17(12-16)27-22-19(20(25)31)21(28-29-22)26-13-18-10-5-11-30(18)23(32)33-14-15-6-2-1-3-7-15/h1-4,6-9,12-13,18H,5,10-11,14H2,(H2,25,31)(H2,27,28,29). The predicted molar refractivity (Wildman–Crippen MR) is 126 cm³/mol. The molecule has 4 N–H and O–H groups in total. The molecule has 1 saturated heterocycles. The number of amides is 2. The molecule has 0 spiro atoms. The van der Waals surface area contributed by atoms with E-state index in [-0.39, 0.29) is 24.0 Å². The van der Waals surface area contributed by atoms with Gasteiger partial charge in [-0.3, -0.25) is 9.89 Å². The van der Waals surface area contributed by atoms with Crippen LogP contribution in [0.5, 0.6) is 0 Å². The lowest BCUT2D eigenvalue weighted by atomic mass is 10.2. The van der Waals surface area contributed by atoms with Crippen molar-refractivity contribution in [3.8, 4) is 0 Å². The monoisotopic (exact) mass is 466 g/mol. The number of nitrogens with two attached hydrogens (primary N) is 1. The van der Waals surface area contributed by atoms with E-state index in [4.69, 9.17) is 22.1 Å². The lowest BCUT2D eigenvalue weighted by Crippen LogP contribution is -2.36. The Hall–Kier alpha value is -3.85. The summed E-state index contributed by atoms with van der Waals surface area (Å²) in [6.45, 7) is 0.763. The second-order valence-electron chi connectivity index (χ2n) is 7.52. The van der Waals surface area contributed by atoms with Gasteiger partial charge in [0.2, 0.25) is 0 Å². The van der Waals surface area contributed by atoms with Gasteiger partial charge in [0.25, 0.3) is 5.91 Å². The fourth-order valence-corrected chi connectivity index (χ4v) is 3.78. The zero-order chi connectivity index (χ0) is 23.2. The number of halogens is 1. The smallest absolute Gasteiger partial charge is 0.410 e. The average molecular weight is 467 g/mol. The molecule has 1 aromatic heterocycles. The number of aliphatic imine (C=N–C) groups is 1. The van der Waals surface area contributed by atoms with Gasteiger partial charge in [-0.25, -0.2) is 9.79 Å². The quantitative estimate of drug-likeness (QED) is 0.444.